The number of nitrogens with zero attached hydrogens (tertiary/aromatic N) is 3. The van der Waals surface area contributed by atoms with Crippen molar-refractivity contribution in [2.24, 2.45) is 5.92 Å². The standard InChI is InChI=1S/C13H22N4O2.ClH/c1-15-4-5-16(13(15)19)9-12(18)17-7-10-2-3-11(8-17)14-6-10;/h10-11,14H,2-9H2,1H3;1H/t10-,11-;/m0./s1. The Balaban J connectivity index is 0.00000147. The molecule has 0 unspecified atom stereocenters. The van der Waals surface area contributed by atoms with Gasteiger partial charge in [0.1, 0.15) is 6.54 Å². The molecular weight excluding hydrogens is 280 g/mol. The summed E-state index contributed by atoms with van der Waals surface area (Å²) in [5.74, 6) is 0.684. The molecule has 6 nitrogen and oxygen atoms in total. The molecule has 114 valence electrons. The van der Waals surface area contributed by atoms with Gasteiger partial charge in [0, 0.05) is 39.3 Å². The molecule has 3 amide bonds. The molecule has 0 aliphatic carbocycles. The number of halogens is 1. The van der Waals surface area contributed by atoms with E-state index in [0.29, 0.717) is 18.5 Å². The van der Waals surface area contributed by atoms with Crippen molar-refractivity contribution in [3.63, 3.8) is 0 Å². The van der Waals surface area contributed by atoms with Gasteiger partial charge >= 0.3 is 6.03 Å². The molecular formula is C13H23ClN4O2. The van der Waals surface area contributed by atoms with Gasteiger partial charge < -0.3 is 20.0 Å². The van der Waals surface area contributed by atoms with E-state index in [0.717, 1.165) is 26.2 Å². The second-order valence-electron chi connectivity index (χ2n) is 5.97. The maximum absolute atomic E-state index is 12.4. The molecule has 4 saturated heterocycles. The van der Waals surface area contributed by atoms with Crippen molar-refractivity contribution < 1.29 is 9.59 Å². The maximum atomic E-state index is 12.4. The molecule has 0 spiro atoms. The van der Waals surface area contributed by atoms with Gasteiger partial charge in [-0.1, -0.05) is 0 Å². The van der Waals surface area contributed by atoms with Crippen molar-refractivity contribution >= 4 is 24.3 Å². The molecule has 4 fully saturated rings. The van der Waals surface area contributed by atoms with Crippen LogP contribution in [0.1, 0.15) is 12.8 Å². The van der Waals surface area contributed by atoms with Gasteiger partial charge in [0.25, 0.3) is 0 Å². The van der Waals surface area contributed by atoms with Crippen LogP contribution in [0.3, 0.4) is 0 Å². The first kappa shape index (κ1) is 15.4. The van der Waals surface area contributed by atoms with Crippen LogP contribution in [0, 0.1) is 5.92 Å². The predicted octanol–water partition coefficient (Wildman–Crippen LogP) is -0.0140. The fraction of sp³-hybridized carbons (Fsp3) is 0.846. The van der Waals surface area contributed by atoms with E-state index in [4.69, 9.17) is 0 Å². The maximum Gasteiger partial charge on any atom is 0.320 e. The zero-order valence-electron chi connectivity index (χ0n) is 11.9. The van der Waals surface area contributed by atoms with Gasteiger partial charge in [-0.05, 0) is 25.3 Å². The van der Waals surface area contributed by atoms with E-state index in [2.05, 4.69) is 5.32 Å². The number of carbonyl (C=O) groups excluding carboxylic acids is 2. The minimum absolute atomic E-state index is 0. The summed E-state index contributed by atoms with van der Waals surface area (Å²) in [5, 5.41) is 3.49. The van der Waals surface area contributed by atoms with Crippen LogP contribution in [-0.4, -0.2) is 79.0 Å². The fourth-order valence-electron chi connectivity index (χ4n) is 3.26. The topological polar surface area (TPSA) is 55.9 Å². The molecule has 0 radical (unpaired) electrons. The molecule has 0 saturated carbocycles. The van der Waals surface area contributed by atoms with Crippen LogP contribution in [-0.2, 0) is 4.79 Å². The number of hydrogen-bond donors (Lipinski definition) is 1. The first-order valence-electron chi connectivity index (χ1n) is 7.14. The normalized spacial score (nSPS) is 29.4. The average molecular weight is 303 g/mol. The summed E-state index contributed by atoms with van der Waals surface area (Å²) >= 11 is 0. The predicted molar refractivity (Wildman–Crippen MR) is 77.9 cm³/mol. The van der Waals surface area contributed by atoms with Crippen LogP contribution in [0.25, 0.3) is 0 Å². The largest absolute Gasteiger partial charge is 0.339 e. The second kappa shape index (κ2) is 6.18. The summed E-state index contributed by atoms with van der Waals surface area (Å²) < 4.78 is 0. The van der Waals surface area contributed by atoms with Gasteiger partial charge in [0.05, 0.1) is 0 Å². The number of piperidine rings is 1. The van der Waals surface area contributed by atoms with Crippen molar-refractivity contribution in [1.82, 2.24) is 20.0 Å². The molecule has 4 aliphatic heterocycles. The monoisotopic (exact) mass is 302 g/mol. The lowest BCUT2D eigenvalue weighted by atomic mass is 9.97. The van der Waals surface area contributed by atoms with E-state index in [9.17, 15) is 9.59 Å². The smallest absolute Gasteiger partial charge is 0.320 e. The first-order chi connectivity index (χ1) is 9.13. The highest BCUT2D eigenvalue weighted by Crippen LogP contribution is 2.21. The summed E-state index contributed by atoms with van der Waals surface area (Å²) in [6, 6.07) is 0.420. The first-order valence-corrected chi connectivity index (χ1v) is 7.14. The fourth-order valence-corrected chi connectivity index (χ4v) is 3.26. The molecule has 20 heavy (non-hydrogen) atoms. The van der Waals surface area contributed by atoms with Gasteiger partial charge in [-0.2, -0.15) is 0 Å². The molecule has 4 aliphatic rings. The molecule has 7 heteroatoms. The van der Waals surface area contributed by atoms with Crippen molar-refractivity contribution in [2.75, 3.05) is 46.3 Å². The van der Waals surface area contributed by atoms with E-state index in [1.54, 1.807) is 16.8 Å². The van der Waals surface area contributed by atoms with Crippen molar-refractivity contribution in [3.8, 4) is 0 Å². The highest BCUT2D eigenvalue weighted by molar-refractivity contribution is 5.85. The van der Waals surface area contributed by atoms with Gasteiger partial charge in [-0.3, -0.25) is 4.79 Å². The number of rotatable bonds is 2. The number of amides is 3. The van der Waals surface area contributed by atoms with E-state index >= 15 is 0 Å². The van der Waals surface area contributed by atoms with Crippen molar-refractivity contribution in [1.29, 1.82) is 0 Å². The van der Waals surface area contributed by atoms with Crippen LogP contribution < -0.4 is 5.32 Å². The molecule has 2 atom stereocenters. The zero-order valence-corrected chi connectivity index (χ0v) is 12.7. The summed E-state index contributed by atoms with van der Waals surface area (Å²) in [5.41, 5.74) is 0. The average Bonchev–Trinajstić information content (AvgIpc) is 2.66. The van der Waals surface area contributed by atoms with Gasteiger partial charge in [-0.25, -0.2) is 4.79 Å². The molecule has 4 heterocycles. The van der Waals surface area contributed by atoms with E-state index in [-0.39, 0.29) is 30.9 Å². The highest BCUT2D eigenvalue weighted by Gasteiger charge is 2.33. The minimum atomic E-state index is -0.0238. The summed E-state index contributed by atoms with van der Waals surface area (Å²) in [6.45, 7) is 4.30. The Morgan fingerprint density at radius 2 is 2.10 bits per heavy atom. The Morgan fingerprint density at radius 3 is 2.70 bits per heavy atom. The summed E-state index contributed by atoms with van der Waals surface area (Å²) in [4.78, 5) is 29.4. The lowest BCUT2D eigenvalue weighted by Gasteiger charge is -2.25. The van der Waals surface area contributed by atoms with Gasteiger partial charge in [0.2, 0.25) is 5.91 Å². The Hall–Kier alpha value is -1.01. The third-order valence-electron chi connectivity index (χ3n) is 4.52. The SMILES string of the molecule is CN1CCN(CC(=O)N2C[C@H]3CC[C@@H](C2)NC3)C1=O.Cl. The van der Waals surface area contributed by atoms with E-state index in [1.165, 1.54) is 12.8 Å². The lowest BCUT2D eigenvalue weighted by molar-refractivity contribution is -0.132. The summed E-state index contributed by atoms with van der Waals surface area (Å²) in [6.07, 6.45) is 2.38. The number of likely N-dealkylation sites (N-methyl/N-ethyl adjacent to an activating group) is 1. The van der Waals surface area contributed by atoms with Crippen LogP contribution >= 0.6 is 12.4 Å². The third kappa shape index (κ3) is 3.01. The van der Waals surface area contributed by atoms with E-state index in [1.807, 2.05) is 4.90 Å². The van der Waals surface area contributed by atoms with Crippen LogP contribution in [0.5, 0.6) is 0 Å². The number of urea groups is 1. The number of hydrogen-bond acceptors (Lipinski definition) is 3. The molecule has 1 N–H and O–H groups in total. The van der Waals surface area contributed by atoms with E-state index < -0.39 is 0 Å². The Bertz CT molecular complexity index is 371. The Kier molecular flexibility index (Phi) is 4.75. The molecule has 2 bridgehead atoms. The van der Waals surface area contributed by atoms with Crippen LogP contribution in [0.15, 0.2) is 0 Å². The van der Waals surface area contributed by atoms with Gasteiger partial charge in [-0.15, -0.1) is 12.4 Å². The van der Waals surface area contributed by atoms with Crippen LogP contribution in [0.4, 0.5) is 4.79 Å². The molecule has 0 aromatic rings. The summed E-state index contributed by atoms with van der Waals surface area (Å²) in [7, 11) is 1.78. The van der Waals surface area contributed by atoms with Crippen LogP contribution in [0.2, 0.25) is 0 Å². The zero-order chi connectivity index (χ0) is 13.4. The number of carbonyl (C=O) groups is 2. The molecule has 4 rings (SSSR count). The quantitative estimate of drug-likeness (QED) is 0.780. The molecule has 0 aromatic carbocycles. The molecule has 0 aromatic heterocycles. The van der Waals surface area contributed by atoms with Crippen molar-refractivity contribution in [3.05, 3.63) is 0 Å². The number of nitrogens with one attached hydrogen (secondary N) is 1. The van der Waals surface area contributed by atoms with Crippen molar-refractivity contribution in [2.45, 2.75) is 18.9 Å². The second-order valence-corrected chi connectivity index (χ2v) is 5.97. The minimum Gasteiger partial charge on any atom is -0.339 e. The lowest BCUT2D eigenvalue weighted by Crippen LogP contribution is -2.45. The Labute approximate surface area is 125 Å². The Morgan fingerprint density at radius 1 is 1.30 bits per heavy atom. The number of fused-ring (bicyclic) bond motifs is 4. The highest BCUT2D eigenvalue weighted by atomic mass is 35.5. The van der Waals surface area contributed by atoms with Gasteiger partial charge in [0.15, 0.2) is 0 Å². The third-order valence-corrected chi connectivity index (χ3v) is 4.52.